The number of rotatable bonds is 6. The van der Waals surface area contributed by atoms with E-state index in [1.165, 1.54) is 17.0 Å². The van der Waals surface area contributed by atoms with Gasteiger partial charge in [-0.25, -0.2) is 9.18 Å². The van der Waals surface area contributed by atoms with Gasteiger partial charge in [0.1, 0.15) is 36.8 Å². The Bertz CT molecular complexity index is 1700. The first-order chi connectivity index (χ1) is 21.1. The Labute approximate surface area is 253 Å². The minimum Gasteiger partial charge on any atom is -0.491 e. The molecule has 2 aromatic carbocycles. The molecule has 2 unspecified atom stereocenters. The fourth-order valence-corrected chi connectivity index (χ4v) is 6.60. The number of likely N-dealkylation sites (N-methyl/N-ethyl adjacent to an activating group) is 1. The smallest absolute Gasteiger partial charge is 0.325 e. The molecule has 1 N–H and O–H groups in total. The van der Waals surface area contributed by atoms with Crippen molar-refractivity contribution in [3.05, 3.63) is 71.3 Å². The third-order valence-electron chi connectivity index (χ3n) is 9.23. The van der Waals surface area contributed by atoms with Crippen molar-refractivity contribution >= 4 is 23.8 Å². The summed E-state index contributed by atoms with van der Waals surface area (Å²) < 4.78 is 21.6. The van der Waals surface area contributed by atoms with Gasteiger partial charge in [0.25, 0.3) is 5.91 Å². The fraction of sp³-hybridized carbons (Fsp3) is 0.406. The van der Waals surface area contributed by atoms with Crippen molar-refractivity contribution in [2.24, 2.45) is 5.92 Å². The molecular formula is C32H33FN6O5. The number of hydrogen-bond donors (Lipinski definition) is 1. The number of amides is 5. The highest BCUT2D eigenvalue weighted by Crippen LogP contribution is 2.43. The molecule has 228 valence electrons. The molecule has 3 aromatic rings. The largest absolute Gasteiger partial charge is 0.491 e. The standard InChI is InChI=1S/C32H33FN6O5/c1-36(2)28(40)16-37-14-23(13-34-37)20-5-7-25-21(11-20)9-10-32(25)30(42)39(31(43)35-32)17-29(41)38-15-22-12-24(33)6-8-27(22)44-18-26(38)19-3-4-19/h5-8,11-14,19,26H,3-4,9-10,15-18H2,1-2H3,(H,35,43). The summed E-state index contributed by atoms with van der Waals surface area (Å²) in [6, 6.07) is 9.17. The van der Waals surface area contributed by atoms with Crippen LogP contribution in [0.4, 0.5) is 9.18 Å². The molecule has 0 radical (unpaired) electrons. The number of carbonyl (C=O) groups excluding carboxylic acids is 4. The van der Waals surface area contributed by atoms with Crippen LogP contribution in [0.3, 0.4) is 0 Å². The molecular weight excluding hydrogens is 567 g/mol. The van der Waals surface area contributed by atoms with Crippen molar-refractivity contribution in [3.8, 4) is 16.9 Å². The van der Waals surface area contributed by atoms with Crippen LogP contribution in [0.5, 0.6) is 5.75 Å². The highest BCUT2D eigenvalue weighted by Gasteiger charge is 2.56. The zero-order chi connectivity index (χ0) is 30.7. The molecule has 11 nitrogen and oxygen atoms in total. The molecule has 7 rings (SSSR count). The zero-order valence-electron chi connectivity index (χ0n) is 24.6. The Balaban J connectivity index is 1.10. The Morgan fingerprint density at radius 2 is 1.91 bits per heavy atom. The van der Waals surface area contributed by atoms with E-state index < -0.39 is 29.8 Å². The van der Waals surface area contributed by atoms with Gasteiger partial charge in [0.2, 0.25) is 11.8 Å². The quantitative estimate of drug-likeness (QED) is 0.435. The Kier molecular flexibility index (Phi) is 6.67. The van der Waals surface area contributed by atoms with Crippen LogP contribution in [0.1, 0.15) is 36.0 Å². The van der Waals surface area contributed by atoms with Gasteiger partial charge in [-0.3, -0.25) is 24.0 Å². The maximum atomic E-state index is 14.1. The first kappa shape index (κ1) is 28.1. The molecule has 5 amide bonds. The number of aryl methyl sites for hydroxylation is 1. The Morgan fingerprint density at radius 1 is 1.09 bits per heavy atom. The SMILES string of the molecule is CN(C)C(=O)Cn1cc(-c2ccc3c(c2)CCC32NC(=O)N(CC(=O)N3Cc4cc(F)ccc4OCC3C3CC3)C2=O)cn1. The monoisotopic (exact) mass is 600 g/mol. The van der Waals surface area contributed by atoms with Crippen molar-refractivity contribution in [1.29, 1.82) is 0 Å². The summed E-state index contributed by atoms with van der Waals surface area (Å²) in [5, 5.41) is 7.21. The second-order valence-electron chi connectivity index (χ2n) is 12.3. The molecule has 2 atom stereocenters. The molecule has 1 saturated heterocycles. The lowest BCUT2D eigenvalue weighted by Gasteiger charge is -2.30. The van der Waals surface area contributed by atoms with Gasteiger partial charge in [-0.15, -0.1) is 0 Å². The van der Waals surface area contributed by atoms with E-state index in [0.29, 0.717) is 29.7 Å². The summed E-state index contributed by atoms with van der Waals surface area (Å²) in [7, 11) is 3.39. The highest BCUT2D eigenvalue weighted by molar-refractivity contribution is 6.10. The lowest BCUT2D eigenvalue weighted by molar-refractivity contribution is -0.141. The number of urea groups is 1. The second-order valence-corrected chi connectivity index (χ2v) is 12.3. The van der Waals surface area contributed by atoms with Crippen molar-refractivity contribution in [2.45, 2.75) is 50.4 Å². The molecule has 12 heteroatoms. The second kappa shape index (κ2) is 10.5. The topological polar surface area (TPSA) is 117 Å². The predicted molar refractivity (Wildman–Crippen MR) is 156 cm³/mol. The van der Waals surface area contributed by atoms with Gasteiger partial charge in [0, 0.05) is 38.0 Å². The number of halogens is 1. The molecule has 3 heterocycles. The Hall–Kier alpha value is -4.74. The number of nitrogens with zero attached hydrogens (tertiary/aromatic N) is 5. The molecule has 2 aliphatic carbocycles. The van der Waals surface area contributed by atoms with Crippen LogP contribution < -0.4 is 10.1 Å². The average Bonchev–Trinajstić information content (AvgIpc) is 3.61. The predicted octanol–water partition coefficient (Wildman–Crippen LogP) is 2.67. The summed E-state index contributed by atoms with van der Waals surface area (Å²) in [4.78, 5) is 57.2. The number of imide groups is 1. The van der Waals surface area contributed by atoms with Crippen LogP contribution in [0.15, 0.2) is 48.8 Å². The van der Waals surface area contributed by atoms with Gasteiger partial charge < -0.3 is 19.9 Å². The first-order valence-corrected chi connectivity index (χ1v) is 14.8. The van der Waals surface area contributed by atoms with Gasteiger partial charge in [0.05, 0.1) is 12.2 Å². The number of carbonyl (C=O) groups is 4. The van der Waals surface area contributed by atoms with Crippen LogP contribution in [0, 0.1) is 11.7 Å². The number of aromatic nitrogens is 2. The van der Waals surface area contributed by atoms with Gasteiger partial charge in [-0.1, -0.05) is 18.2 Å². The van der Waals surface area contributed by atoms with Gasteiger partial charge >= 0.3 is 6.03 Å². The summed E-state index contributed by atoms with van der Waals surface area (Å²) in [6.45, 7) is 0.150. The summed E-state index contributed by atoms with van der Waals surface area (Å²) in [5.41, 5.74) is 2.69. The van der Waals surface area contributed by atoms with Crippen molar-refractivity contribution in [3.63, 3.8) is 0 Å². The number of hydrogen-bond acceptors (Lipinski definition) is 6. The molecule has 4 aliphatic rings. The summed E-state index contributed by atoms with van der Waals surface area (Å²) in [6.07, 6.45) is 6.37. The highest BCUT2D eigenvalue weighted by atomic mass is 19.1. The van der Waals surface area contributed by atoms with Crippen LogP contribution in [-0.4, -0.2) is 81.5 Å². The van der Waals surface area contributed by atoms with E-state index in [4.69, 9.17) is 4.74 Å². The van der Waals surface area contributed by atoms with Gasteiger partial charge in [0.15, 0.2) is 0 Å². The number of fused-ring (bicyclic) bond motifs is 3. The van der Waals surface area contributed by atoms with E-state index in [9.17, 15) is 23.6 Å². The van der Waals surface area contributed by atoms with Crippen LogP contribution in [0.2, 0.25) is 0 Å². The van der Waals surface area contributed by atoms with Crippen molar-refractivity contribution in [1.82, 2.24) is 29.8 Å². The van der Waals surface area contributed by atoms with Crippen LogP contribution >= 0.6 is 0 Å². The van der Waals surface area contributed by atoms with Crippen molar-refractivity contribution in [2.75, 3.05) is 27.2 Å². The maximum Gasteiger partial charge on any atom is 0.325 e. The van der Waals surface area contributed by atoms with Crippen LogP contribution in [0.25, 0.3) is 11.1 Å². The van der Waals surface area contributed by atoms with E-state index in [1.54, 1.807) is 42.1 Å². The van der Waals surface area contributed by atoms with E-state index in [2.05, 4.69) is 10.4 Å². The van der Waals surface area contributed by atoms with E-state index in [0.717, 1.165) is 34.4 Å². The minimum absolute atomic E-state index is 0.0694. The maximum absolute atomic E-state index is 14.1. The zero-order valence-corrected chi connectivity index (χ0v) is 24.6. The molecule has 2 aliphatic heterocycles. The molecule has 1 aromatic heterocycles. The number of nitrogens with one attached hydrogen (secondary N) is 1. The average molecular weight is 601 g/mol. The summed E-state index contributed by atoms with van der Waals surface area (Å²) in [5.74, 6) is -0.502. The molecule has 2 fully saturated rings. The number of ether oxygens (including phenoxy) is 1. The van der Waals surface area contributed by atoms with Crippen molar-refractivity contribution < 1.29 is 28.3 Å². The van der Waals surface area contributed by atoms with E-state index in [1.807, 2.05) is 18.2 Å². The number of benzene rings is 2. The lowest BCUT2D eigenvalue weighted by atomic mass is 9.90. The summed E-state index contributed by atoms with van der Waals surface area (Å²) >= 11 is 0. The van der Waals surface area contributed by atoms with Gasteiger partial charge in [-0.05, 0) is 66.5 Å². The normalized spacial score (nSPS) is 22.4. The molecule has 1 saturated carbocycles. The lowest BCUT2D eigenvalue weighted by Crippen LogP contribution is -2.49. The fourth-order valence-electron chi connectivity index (χ4n) is 6.60. The van der Waals surface area contributed by atoms with E-state index >= 15 is 0 Å². The molecule has 0 bridgehead atoms. The molecule has 1 spiro atoms. The van der Waals surface area contributed by atoms with Crippen LogP contribution in [-0.2, 0) is 39.4 Å². The van der Waals surface area contributed by atoms with E-state index in [-0.39, 0.29) is 43.5 Å². The molecule has 44 heavy (non-hydrogen) atoms. The minimum atomic E-state index is -1.24. The Morgan fingerprint density at radius 3 is 2.68 bits per heavy atom. The van der Waals surface area contributed by atoms with Gasteiger partial charge in [-0.2, -0.15) is 5.10 Å². The first-order valence-electron chi connectivity index (χ1n) is 14.8. The third-order valence-corrected chi connectivity index (χ3v) is 9.23. The third kappa shape index (κ3) is 4.78.